The van der Waals surface area contributed by atoms with Gasteiger partial charge in [0.25, 0.3) is 0 Å². The normalized spacial score (nSPS) is 12.1. The van der Waals surface area contributed by atoms with E-state index in [1.165, 1.54) is 6.20 Å². The van der Waals surface area contributed by atoms with Gasteiger partial charge in [-0.25, -0.2) is 0 Å². The SMILES string of the molecule is COCCn1ncc(Cl)c1C(O)c1cccc(C#N)c1. The smallest absolute Gasteiger partial charge is 0.122 e. The van der Waals surface area contributed by atoms with Crippen LogP contribution in [-0.4, -0.2) is 28.6 Å². The van der Waals surface area contributed by atoms with E-state index in [0.29, 0.717) is 35.0 Å². The summed E-state index contributed by atoms with van der Waals surface area (Å²) in [5.74, 6) is 0. The number of aromatic nitrogens is 2. The molecule has 0 amide bonds. The molecule has 104 valence electrons. The van der Waals surface area contributed by atoms with E-state index in [-0.39, 0.29) is 0 Å². The molecular weight excluding hydrogens is 278 g/mol. The molecule has 1 unspecified atom stereocenters. The third-order valence-electron chi connectivity index (χ3n) is 2.93. The summed E-state index contributed by atoms with van der Waals surface area (Å²) in [5.41, 5.74) is 1.59. The third kappa shape index (κ3) is 2.99. The van der Waals surface area contributed by atoms with Gasteiger partial charge in [0.15, 0.2) is 0 Å². The summed E-state index contributed by atoms with van der Waals surface area (Å²) in [4.78, 5) is 0. The number of benzene rings is 1. The Morgan fingerprint density at radius 2 is 2.35 bits per heavy atom. The first-order valence-corrected chi connectivity index (χ1v) is 6.43. The van der Waals surface area contributed by atoms with Crippen LogP contribution in [0.3, 0.4) is 0 Å². The highest BCUT2D eigenvalue weighted by Gasteiger charge is 2.20. The van der Waals surface area contributed by atoms with Gasteiger partial charge < -0.3 is 9.84 Å². The van der Waals surface area contributed by atoms with Gasteiger partial charge in [0.1, 0.15) is 6.10 Å². The Morgan fingerprint density at radius 3 is 3.05 bits per heavy atom. The molecule has 2 rings (SSSR count). The molecule has 1 aromatic heterocycles. The molecular formula is C14H14ClN3O2. The number of hydrogen-bond donors (Lipinski definition) is 1. The Labute approximate surface area is 122 Å². The molecule has 1 heterocycles. The van der Waals surface area contributed by atoms with Crippen LogP contribution in [0.4, 0.5) is 0 Å². The van der Waals surface area contributed by atoms with Gasteiger partial charge in [0.05, 0.1) is 41.7 Å². The fourth-order valence-corrected chi connectivity index (χ4v) is 2.18. The van der Waals surface area contributed by atoms with E-state index >= 15 is 0 Å². The number of methoxy groups -OCH3 is 1. The molecule has 0 aliphatic carbocycles. The monoisotopic (exact) mass is 291 g/mol. The van der Waals surface area contributed by atoms with Crippen molar-refractivity contribution < 1.29 is 9.84 Å². The lowest BCUT2D eigenvalue weighted by molar-refractivity contribution is 0.171. The minimum absolute atomic E-state index is 0.385. The van der Waals surface area contributed by atoms with E-state index in [9.17, 15) is 5.11 Å². The van der Waals surface area contributed by atoms with Crippen LogP contribution in [0.5, 0.6) is 0 Å². The number of aliphatic hydroxyl groups excluding tert-OH is 1. The second-order valence-corrected chi connectivity index (χ2v) is 4.64. The molecule has 1 aromatic carbocycles. The standard InChI is InChI=1S/C14H14ClN3O2/c1-20-6-5-18-13(12(15)9-17-18)14(19)11-4-2-3-10(7-11)8-16/h2-4,7,9,14,19H,5-6H2,1H3. The topological polar surface area (TPSA) is 71.1 Å². The highest BCUT2D eigenvalue weighted by Crippen LogP contribution is 2.28. The minimum Gasteiger partial charge on any atom is -0.383 e. The van der Waals surface area contributed by atoms with E-state index in [1.54, 1.807) is 36.1 Å². The van der Waals surface area contributed by atoms with Crippen molar-refractivity contribution in [3.63, 3.8) is 0 Å². The number of hydrogen-bond acceptors (Lipinski definition) is 4. The van der Waals surface area contributed by atoms with Gasteiger partial charge in [-0.1, -0.05) is 23.7 Å². The Morgan fingerprint density at radius 1 is 1.55 bits per heavy atom. The van der Waals surface area contributed by atoms with E-state index in [0.717, 1.165) is 0 Å². The van der Waals surface area contributed by atoms with Gasteiger partial charge in [0.2, 0.25) is 0 Å². The highest BCUT2D eigenvalue weighted by molar-refractivity contribution is 6.31. The Bertz CT molecular complexity index is 634. The zero-order valence-corrected chi connectivity index (χ0v) is 11.7. The molecule has 0 saturated carbocycles. The summed E-state index contributed by atoms with van der Waals surface area (Å²) in [6.45, 7) is 0.962. The largest absolute Gasteiger partial charge is 0.383 e. The van der Waals surface area contributed by atoms with Crippen LogP contribution in [0.15, 0.2) is 30.5 Å². The molecule has 5 nitrogen and oxygen atoms in total. The first-order chi connectivity index (χ1) is 9.67. The Hall–Kier alpha value is -1.87. The molecule has 2 aromatic rings. The summed E-state index contributed by atoms with van der Waals surface area (Å²) >= 11 is 6.09. The maximum Gasteiger partial charge on any atom is 0.122 e. The Balaban J connectivity index is 2.34. The second kappa shape index (κ2) is 6.53. The van der Waals surface area contributed by atoms with E-state index < -0.39 is 6.10 Å². The number of nitrogens with zero attached hydrogens (tertiary/aromatic N) is 3. The predicted octanol–water partition coefficient (Wildman–Crippen LogP) is 2.14. The number of rotatable bonds is 5. The molecule has 20 heavy (non-hydrogen) atoms. The summed E-state index contributed by atoms with van der Waals surface area (Å²) < 4.78 is 6.61. The number of ether oxygens (including phenoxy) is 1. The molecule has 1 atom stereocenters. The quantitative estimate of drug-likeness (QED) is 0.916. The van der Waals surface area contributed by atoms with Crippen LogP contribution in [0.2, 0.25) is 5.02 Å². The molecule has 0 spiro atoms. The molecule has 0 radical (unpaired) electrons. The van der Waals surface area contributed by atoms with Crippen molar-refractivity contribution in [2.45, 2.75) is 12.6 Å². The highest BCUT2D eigenvalue weighted by atomic mass is 35.5. The summed E-state index contributed by atoms with van der Waals surface area (Å²) in [6, 6.07) is 8.83. The van der Waals surface area contributed by atoms with Gasteiger partial charge in [-0.05, 0) is 17.7 Å². The van der Waals surface area contributed by atoms with Gasteiger partial charge in [-0.2, -0.15) is 10.4 Å². The first kappa shape index (κ1) is 14.5. The summed E-state index contributed by atoms with van der Waals surface area (Å²) in [5, 5.41) is 23.9. The minimum atomic E-state index is -0.935. The maximum atomic E-state index is 10.5. The van der Waals surface area contributed by atoms with Crippen molar-refractivity contribution in [1.29, 1.82) is 5.26 Å². The van der Waals surface area contributed by atoms with E-state index in [2.05, 4.69) is 5.10 Å². The van der Waals surface area contributed by atoms with Crippen LogP contribution in [-0.2, 0) is 11.3 Å². The zero-order valence-electron chi connectivity index (χ0n) is 11.0. The van der Waals surface area contributed by atoms with Gasteiger partial charge in [-0.15, -0.1) is 0 Å². The van der Waals surface area contributed by atoms with Crippen LogP contribution in [0, 0.1) is 11.3 Å². The van der Waals surface area contributed by atoms with Crippen molar-refractivity contribution in [1.82, 2.24) is 9.78 Å². The van der Waals surface area contributed by atoms with E-state index in [1.807, 2.05) is 6.07 Å². The van der Waals surface area contributed by atoms with Gasteiger partial charge >= 0.3 is 0 Å². The van der Waals surface area contributed by atoms with Crippen molar-refractivity contribution in [3.05, 3.63) is 52.3 Å². The lowest BCUT2D eigenvalue weighted by Gasteiger charge is -2.14. The van der Waals surface area contributed by atoms with Crippen LogP contribution < -0.4 is 0 Å². The van der Waals surface area contributed by atoms with Crippen molar-refractivity contribution in [2.24, 2.45) is 0 Å². The van der Waals surface area contributed by atoms with Crippen molar-refractivity contribution in [3.8, 4) is 6.07 Å². The molecule has 0 aliphatic heterocycles. The average Bonchev–Trinajstić information content (AvgIpc) is 2.85. The summed E-state index contributed by atoms with van der Waals surface area (Å²) in [7, 11) is 1.59. The Kier molecular flexibility index (Phi) is 4.74. The van der Waals surface area contributed by atoms with Gasteiger partial charge in [0, 0.05) is 7.11 Å². The zero-order chi connectivity index (χ0) is 14.5. The van der Waals surface area contributed by atoms with Gasteiger partial charge in [-0.3, -0.25) is 4.68 Å². The molecule has 0 fully saturated rings. The lowest BCUT2D eigenvalue weighted by atomic mass is 10.0. The lowest BCUT2D eigenvalue weighted by Crippen LogP contribution is -2.13. The number of nitriles is 1. The number of halogens is 1. The second-order valence-electron chi connectivity index (χ2n) is 4.23. The predicted molar refractivity (Wildman–Crippen MR) is 74.3 cm³/mol. The van der Waals surface area contributed by atoms with Crippen LogP contribution >= 0.6 is 11.6 Å². The molecule has 6 heteroatoms. The maximum absolute atomic E-state index is 10.5. The molecule has 0 saturated heterocycles. The molecule has 1 N–H and O–H groups in total. The van der Waals surface area contributed by atoms with Crippen molar-refractivity contribution >= 4 is 11.6 Å². The fourth-order valence-electron chi connectivity index (χ4n) is 1.94. The van der Waals surface area contributed by atoms with Crippen molar-refractivity contribution in [2.75, 3.05) is 13.7 Å². The molecule has 0 aliphatic rings. The number of aliphatic hydroxyl groups is 1. The van der Waals surface area contributed by atoms with Crippen LogP contribution in [0.1, 0.15) is 22.9 Å². The van der Waals surface area contributed by atoms with E-state index in [4.69, 9.17) is 21.6 Å². The first-order valence-electron chi connectivity index (χ1n) is 6.05. The third-order valence-corrected chi connectivity index (χ3v) is 3.22. The average molecular weight is 292 g/mol. The molecule has 0 bridgehead atoms. The fraction of sp³-hybridized carbons (Fsp3) is 0.286. The summed E-state index contributed by atoms with van der Waals surface area (Å²) in [6.07, 6.45) is 0.555. The van der Waals surface area contributed by atoms with Crippen LogP contribution in [0.25, 0.3) is 0 Å².